The third-order valence-electron chi connectivity index (χ3n) is 4.91. The first-order valence-corrected chi connectivity index (χ1v) is 11.3. The first-order valence-electron chi connectivity index (χ1n) is 9.89. The van der Waals surface area contributed by atoms with Crippen LogP contribution in [0.1, 0.15) is 24.1 Å². The highest BCUT2D eigenvalue weighted by Gasteiger charge is 2.38. The first kappa shape index (κ1) is 22.7. The third-order valence-corrected chi connectivity index (χ3v) is 5.48. The summed E-state index contributed by atoms with van der Waals surface area (Å²) in [4.78, 5) is 28.7. The lowest BCUT2D eigenvalue weighted by Crippen LogP contribution is -2.44. The van der Waals surface area contributed by atoms with Gasteiger partial charge in [0.2, 0.25) is 0 Å². The Morgan fingerprint density at radius 3 is 2.65 bits per heavy atom. The molecular weight excluding hydrogens is 416 g/mol. The summed E-state index contributed by atoms with van der Waals surface area (Å²) in [5, 5.41) is 2.78. The summed E-state index contributed by atoms with van der Waals surface area (Å²) in [7, 11) is 1.55. The lowest BCUT2D eigenvalue weighted by molar-refractivity contribution is -0.146. The Balaban J connectivity index is 1.82. The second kappa shape index (κ2) is 10.9. The van der Waals surface area contributed by atoms with Crippen LogP contribution in [-0.4, -0.2) is 43.4 Å². The van der Waals surface area contributed by atoms with Crippen LogP contribution in [0.25, 0.3) is 0 Å². The van der Waals surface area contributed by atoms with Crippen LogP contribution in [0, 0.1) is 5.92 Å². The molecule has 7 nitrogen and oxygen atoms in total. The minimum Gasteiger partial charge on any atom is -0.493 e. The number of hydrogen-bond donors (Lipinski definition) is 1. The summed E-state index contributed by atoms with van der Waals surface area (Å²) in [5.74, 6) is 0.663. The van der Waals surface area contributed by atoms with Gasteiger partial charge in [0, 0.05) is 11.5 Å². The molecule has 1 N–H and O–H groups in total. The number of methoxy groups -OCH3 is 1. The van der Waals surface area contributed by atoms with Gasteiger partial charge in [-0.25, -0.2) is 9.79 Å². The average Bonchev–Trinajstić information content (AvgIpc) is 2.77. The van der Waals surface area contributed by atoms with Gasteiger partial charge in [0.25, 0.3) is 0 Å². The number of nitrogens with one attached hydrogen (secondary N) is 1. The number of aliphatic imine (C=N–C) groups is 1. The van der Waals surface area contributed by atoms with E-state index >= 15 is 0 Å². The van der Waals surface area contributed by atoms with E-state index in [-0.39, 0.29) is 0 Å². The zero-order valence-corrected chi connectivity index (χ0v) is 18.6. The molecule has 0 saturated heterocycles. The van der Waals surface area contributed by atoms with E-state index in [9.17, 15) is 9.59 Å². The number of esters is 1. The molecule has 1 aliphatic heterocycles. The second-order valence-corrected chi connectivity index (χ2v) is 7.99. The molecule has 0 aromatic heterocycles. The fraction of sp³-hybridized carbons (Fsp3) is 0.348. The van der Waals surface area contributed by atoms with Crippen molar-refractivity contribution in [3.63, 3.8) is 0 Å². The molecular formula is C23H26N2O5S. The van der Waals surface area contributed by atoms with Crippen LogP contribution in [0.15, 0.2) is 53.5 Å². The highest BCUT2D eigenvalue weighted by molar-refractivity contribution is 7.98. The molecule has 2 amide bonds. The van der Waals surface area contributed by atoms with Gasteiger partial charge in [0.05, 0.1) is 13.2 Å². The number of ether oxygens (including phenoxy) is 3. The standard InChI is InChI=1S/C23H26N2O5S/c1-15-20(22(26)29-11-12-31-3)21(25-23(27)24-15)17-9-10-18(19(13-17)28-2)30-14-16-7-5-4-6-8-16/h4-10,13,20-21H,11-12,14H2,1-3H3,(H,25,27). The van der Waals surface area contributed by atoms with E-state index in [2.05, 4.69) is 10.3 Å². The number of rotatable bonds is 9. The Labute approximate surface area is 186 Å². The van der Waals surface area contributed by atoms with Crippen molar-refractivity contribution in [1.82, 2.24) is 5.32 Å². The van der Waals surface area contributed by atoms with Gasteiger partial charge in [0.15, 0.2) is 11.5 Å². The quantitative estimate of drug-likeness (QED) is 0.466. The average molecular weight is 443 g/mol. The molecule has 0 radical (unpaired) electrons. The molecule has 2 aromatic rings. The van der Waals surface area contributed by atoms with Gasteiger partial charge in [-0.1, -0.05) is 36.4 Å². The number of amides is 2. The topological polar surface area (TPSA) is 86.2 Å². The largest absolute Gasteiger partial charge is 0.493 e. The normalized spacial score (nSPS) is 18.0. The van der Waals surface area contributed by atoms with Crippen molar-refractivity contribution in [2.24, 2.45) is 10.9 Å². The predicted molar refractivity (Wildman–Crippen MR) is 121 cm³/mol. The summed E-state index contributed by atoms with van der Waals surface area (Å²) in [6.07, 6.45) is 1.94. The van der Waals surface area contributed by atoms with E-state index in [1.54, 1.807) is 37.9 Å². The van der Waals surface area contributed by atoms with Gasteiger partial charge in [-0.15, -0.1) is 0 Å². The van der Waals surface area contributed by atoms with Crippen LogP contribution in [-0.2, 0) is 16.1 Å². The van der Waals surface area contributed by atoms with E-state index in [0.29, 0.717) is 41.7 Å². The number of carbonyl (C=O) groups excluding carboxylic acids is 2. The van der Waals surface area contributed by atoms with Gasteiger partial charge in [-0.2, -0.15) is 11.8 Å². The monoisotopic (exact) mass is 442 g/mol. The van der Waals surface area contributed by atoms with Crippen molar-refractivity contribution in [1.29, 1.82) is 0 Å². The summed E-state index contributed by atoms with van der Waals surface area (Å²) in [6, 6.07) is 14.1. The van der Waals surface area contributed by atoms with E-state index in [0.717, 1.165) is 5.56 Å². The molecule has 1 heterocycles. The smallest absolute Gasteiger partial charge is 0.341 e. The van der Waals surface area contributed by atoms with E-state index < -0.39 is 24.0 Å². The summed E-state index contributed by atoms with van der Waals surface area (Å²) >= 11 is 1.59. The minimum absolute atomic E-state index is 0.306. The summed E-state index contributed by atoms with van der Waals surface area (Å²) < 4.78 is 16.8. The fourth-order valence-electron chi connectivity index (χ4n) is 3.35. The lowest BCUT2D eigenvalue weighted by atomic mass is 9.88. The summed E-state index contributed by atoms with van der Waals surface area (Å²) in [6.45, 7) is 2.37. The van der Waals surface area contributed by atoms with Crippen LogP contribution in [0.2, 0.25) is 0 Å². The first-order chi connectivity index (χ1) is 15.0. The number of carbonyl (C=O) groups is 2. The number of nitrogens with zero attached hydrogens (tertiary/aromatic N) is 1. The van der Waals surface area contributed by atoms with Gasteiger partial charge in [-0.3, -0.25) is 4.79 Å². The van der Waals surface area contributed by atoms with Crippen molar-refractivity contribution < 1.29 is 23.8 Å². The van der Waals surface area contributed by atoms with Crippen molar-refractivity contribution in [3.05, 3.63) is 59.7 Å². The maximum Gasteiger partial charge on any atom is 0.341 e. The minimum atomic E-state index is -0.708. The number of hydrogen-bond acceptors (Lipinski definition) is 6. The predicted octanol–water partition coefficient (Wildman–Crippen LogP) is 4.02. The van der Waals surface area contributed by atoms with Gasteiger partial charge in [-0.05, 0) is 36.4 Å². The maximum atomic E-state index is 12.7. The third kappa shape index (κ3) is 5.79. The van der Waals surface area contributed by atoms with Gasteiger partial charge < -0.3 is 19.5 Å². The lowest BCUT2D eigenvalue weighted by Gasteiger charge is -2.30. The van der Waals surface area contributed by atoms with Gasteiger partial charge in [0.1, 0.15) is 19.1 Å². The molecule has 31 heavy (non-hydrogen) atoms. The Kier molecular flexibility index (Phi) is 7.94. The Bertz CT molecular complexity index is 948. The molecule has 0 aliphatic carbocycles. The highest BCUT2D eigenvalue weighted by atomic mass is 32.2. The highest BCUT2D eigenvalue weighted by Crippen LogP contribution is 2.35. The molecule has 0 saturated carbocycles. The zero-order chi connectivity index (χ0) is 22.2. The van der Waals surface area contributed by atoms with Crippen LogP contribution in [0.4, 0.5) is 4.79 Å². The SMILES string of the molecule is COc1cc(C2NC(=O)N=C(C)C2C(=O)OCCSC)ccc1OCc1ccccc1. The van der Waals surface area contributed by atoms with E-state index in [4.69, 9.17) is 14.2 Å². The molecule has 1 aliphatic rings. The molecule has 3 rings (SSSR count). The van der Waals surface area contributed by atoms with Gasteiger partial charge >= 0.3 is 12.0 Å². The molecule has 164 valence electrons. The van der Waals surface area contributed by atoms with Crippen molar-refractivity contribution in [2.75, 3.05) is 25.7 Å². The van der Waals surface area contributed by atoms with Crippen LogP contribution in [0.3, 0.4) is 0 Å². The number of benzene rings is 2. The number of urea groups is 1. The molecule has 2 unspecified atom stereocenters. The Hall–Kier alpha value is -3.00. The fourth-order valence-corrected chi connectivity index (χ4v) is 3.60. The Morgan fingerprint density at radius 2 is 1.94 bits per heavy atom. The molecule has 0 fully saturated rings. The molecule has 2 atom stereocenters. The Morgan fingerprint density at radius 1 is 1.16 bits per heavy atom. The zero-order valence-electron chi connectivity index (χ0n) is 17.8. The van der Waals surface area contributed by atoms with Crippen LogP contribution < -0.4 is 14.8 Å². The summed E-state index contributed by atoms with van der Waals surface area (Å²) in [5.41, 5.74) is 2.16. The van der Waals surface area contributed by atoms with E-state index in [1.807, 2.05) is 42.7 Å². The van der Waals surface area contributed by atoms with E-state index in [1.165, 1.54) is 0 Å². The molecule has 0 spiro atoms. The maximum absolute atomic E-state index is 12.7. The molecule has 2 aromatic carbocycles. The van der Waals surface area contributed by atoms with Crippen molar-refractivity contribution >= 4 is 29.5 Å². The molecule has 0 bridgehead atoms. The number of thioether (sulfide) groups is 1. The molecule has 8 heteroatoms. The van der Waals surface area contributed by atoms with Crippen LogP contribution in [0.5, 0.6) is 11.5 Å². The van der Waals surface area contributed by atoms with Crippen molar-refractivity contribution in [2.45, 2.75) is 19.6 Å². The van der Waals surface area contributed by atoms with Crippen LogP contribution >= 0.6 is 11.8 Å². The van der Waals surface area contributed by atoms with Crippen molar-refractivity contribution in [3.8, 4) is 11.5 Å². The second-order valence-electron chi connectivity index (χ2n) is 7.00.